The second kappa shape index (κ2) is 11.0. The molecule has 5 nitrogen and oxygen atoms in total. The fourth-order valence-corrected chi connectivity index (χ4v) is 3.06. The van der Waals surface area contributed by atoms with E-state index in [0.717, 1.165) is 28.8 Å². The second-order valence-corrected chi connectivity index (χ2v) is 7.88. The van der Waals surface area contributed by atoms with Gasteiger partial charge < -0.3 is 0 Å². The van der Waals surface area contributed by atoms with Crippen LogP contribution in [0.25, 0.3) is 0 Å². The van der Waals surface area contributed by atoms with Crippen LogP contribution in [0.1, 0.15) is 12.5 Å². The Balaban J connectivity index is 0.000000336. The molecule has 0 bridgehead atoms. The number of hydrazone groups is 1. The maximum atomic E-state index is 11.9. The van der Waals surface area contributed by atoms with Crippen LogP contribution in [-0.2, 0) is 0 Å². The van der Waals surface area contributed by atoms with Gasteiger partial charge >= 0.3 is 0 Å². The second-order valence-electron chi connectivity index (χ2n) is 6.32. The van der Waals surface area contributed by atoms with Crippen molar-refractivity contribution in [3.05, 3.63) is 71.0 Å². The van der Waals surface area contributed by atoms with Crippen LogP contribution >= 0.6 is 23.7 Å². The lowest BCUT2D eigenvalue weighted by Gasteiger charge is -2.18. The summed E-state index contributed by atoms with van der Waals surface area (Å²) >= 11 is 7.42. The summed E-state index contributed by atoms with van der Waals surface area (Å²) in [6, 6.07) is 15.7. The van der Waals surface area contributed by atoms with Gasteiger partial charge in [-0.2, -0.15) is 5.10 Å². The zero-order chi connectivity index (χ0) is 20.5. The predicted molar refractivity (Wildman–Crippen MR) is 118 cm³/mol. The molecule has 1 atom stereocenters. The maximum Gasteiger partial charge on any atom is 0.225 e. The van der Waals surface area contributed by atoms with Crippen molar-refractivity contribution in [2.75, 3.05) is 27.7 Å². The first kappa shape index (κ1) is 22.2. The van der Waals surface area contributed by atoms with Crippen molar-refractivity contribution in [2.45, 2.75) is 6.92 Å². The molecule has 0 amide bonds. The highest BCUT2D eigenvalue weighted by Gasteiger charge is 2.26. The highest BCUT2D eigenvalue weighted by Crippen LogP contribution is 2.21. The van der Waals surface area contributed by atoms with Crippen LogP contribution < -0.4 is 4.72 Å². The first-order chi connectivity index (χ1) is 13.4. The van der Waals surface area contributed by atoms with E-state index in [-0.39, 0.29) is 5.82 Å². The van der Waals surface area contributed by atoms with E-state index in [1.807, 2.05) is 47.7 Å². The van der Waals surface area contributed by atoms with Gasteiger partial charge in [0.2, 0.25) is 5.96 Å². The molecule has 0 radical (unpaired) electrons. The van der Waals surface area contributed by atoms with Gasteiger partial charge in [0.05, 0.1) is 12.3 Å². The lowest BCUT2D eigenvalue weighted by atomic mass is 10.00. The van der Waals surface area contributed by atoms with Crippen molar-refractivity contribution in [3.8, 4) is 0 Å². The molecule has 150 valence electrons. The molecule has 1 aliphatic rings. The highest BCUT2D eigenvalue weighted by molar-refractivity contribution is 7.95. The summed E-state index contributed by atoms with van der Waals surface area (Å²) in [5, 5.41) is 7.35. The predicted octanol–water partition coefficient (Wildman–Crippen LogP) is 4.52. The van der Waals surface area contributed by atoms with E-state index in [1.165, 1.54) is 24.3 Å². The molecule has 2 aromatic carbocycles. The summed E-state index contributed by atoms with van der Waals surface area (Å²) in [6.45, 7) is 2.98. The van der Waals surface area contributed by atoms with Crippen molar-refractivity contribution in [1.82, 2.24) is 14.0 Å². The van der Waals surface area contributed by atoms with E-state index in [2.05, 4.69) is 16.6 Å². The van der Waals surface area contributed by atoms with Crippen LogP contribution in [0, 0.1) is 11.7 Å². The Morgan fingerprint density at radius 1 is 1.21 bits per heavy atom. The summed E-state index contributed by atoms with van der Waals surface area (Å²) in [5.41, 5.74) is 2.16. The largest absolute Gasteiger partial charge is 0.286 e. The molecule has 0 aliphatic carbocycles. The average molecular weight is 422 g/mol. The summed E-state index contributed by atoms with van der Waals surface area (Å²) in [4.78, 5) is 4.27. The molecular formula is C20H25ClFN5S. The Morgan fingerprint density at radius 2 is 1.86 bits per heavy atom. The van der Waals surface area contributed by atoms with E-state index in [9.17, 15) is 4.39 Å². The minimum atomic E-state index is -0.178. The number of halogens is 2. The van der Waals surface area contributed by atoms with Crippen LogP contribution in [0.2, 0.25) is 5.02 Å². The van der Waals surface area contributed by atoms with Gasteiger partial charge in [0.25, 0.3) is 0 Å². The zero-order valence-corrected chi connectivity index (χ0v) is 18.0. The first-order valence-electron chi connectivity index (χ1n) is 8.80. The zero-order valence-electron chi connectivity index (χ0n) is 16.4. The molecule has 0 aromatic heterocycles. The number of hydrogen-bond donors (Lipinski definition) is 1. The van der Waals surface area contributed by atoms with Gasteiger partial charge in [-0.15, -0.1) is 0 Å². The number of aliphatic imine (C=N–C) groups is 1. The van der Waals surface area contributed by atoms with Crippen molar-refractivity contribution in [2.24, 2.45) is 16.0 Å². The molecule has 1 aliphatic heterocycles. The van der Waals surface area contributed by atoms with Gasteiger partial charge in [-0.05, 0) is 43.9 Å². The molecule has 0 fully saturated rings. The van der Waals surface area contributed by atoms with E-state index in [4.69, 9.17) is 16.7 Å². The number of guanidine groups is 1. The topological polar surface area (TPSA) is 43.2 Å². The Labute approximate surface area is 175 Å². The molecule has 1 unspecified atom stereocenters. The van der Waals surface area contributed by atoms with Gasteiger partial charge in [0.1, 0.15) is 5.82 Å². The molecule has 0 saturated heterocycles. The van der Waals surface area contributed by atoms with Crippen molar-refractivity contribution < 1.29 is 4.39 Å². The monoisotopic (exact) mass is 421 g/mol. The van der Waals surface area contributed by atoms with E-state index in [1.54, 1.807) is 25.2 Å². The van der Waals surface area contributed by atoms with Crippen LogP contribution in [0.3, 0.4) is 0 Å². The SMILES string of the molecule is CN=C(NSN(C)C)N1CC(C)C(c2ccc(Cl)cc2)=N1.Fc1ccccc1. The fourth-order valence-electron chi connectivity index (χ4n) is 2.47. The number of nitrogens with one attached hydrogen (secondary N) is 1. The van der Waals surface area contributed by atoms with Crippen LogP contribution in [0.5, 0.6) is 0 Å². The van der Waals surface area contributed by atoms with E-state index < -0.39 is 0 Å². The lowest BCUT2D eigenvalue weighted by molar-refractivity contribution is 0.447. The summed E-state index contributed by atoms with van der Waals surface area (Å²) in [6.07, 6.45) is 0. The van der Waals surface area contributed by atoms with Gasteiger partial charge in [-0.25, -0.2) is 13.7 Å². The van der Waals surface area contributed by atoms with Crippen molar-refractivity contribution in [3.63, 3.8) is 0 Å². The van der Waals surface area contributed by atoms with E-state index >= 15 is 0 Å². The molecule has 2 aromatic rings. The third-order valence-corrected chi connectivity index (χ3v) is 4.68. The molecule has 0 saturated carbocycles. The van der Waals surface area contributed by atoms with Crippen LogP contribution in [0.15, 0.2) is 64.7 Å². The number of hydrogen-bond acceptors (Lipinski definition) is 4. The fraction of sp³-hybridized carbons (Fsp3) is 0.300. The van der Waals surface area contributed by atoms with Gasteiger partial charge in [-0.1, -0.05) is 48.9 Å². The third kappa shape index (κ3) is 6.82. The lowest BCUT2D eigenvalue weighted by Crippen LogP contribution is -2.35. The number of benzene rings is 2. The molecule has 3 rings (SSSR count). The minimum absolute atomic E-state index is 0.178. The summed E-state index contributed by atoms with van der Waals surface area (Å²) < 4.78 is 17.1. The number of nitrogens with zero attached hydrogens (tertiary/aromatic N) is 4. The summed E-state index contributed by atoms with van der Waals surface area (Å²) in [5.74, 6) is 0.918. The highest BCUT2D eigenvalue weighted by atomic mass is 35.5. The third-order valence-electron chi connectivity index (χ3n) is 3.79. The van der Waals surface area contributed by atoms with Gasteiger partial charge in [0, 0.05) is 30.1 Å². The van der Waals surface area contributed by atoms with Crippen LogP contribution in [-0.4, -0.2) is 48.7 Å². The molecular weight excluding hydrogens is 397 g/mol. The van der Waals surface area contributed by atoms with Crippen molar-refractivity contribution >= 4 is 35.4 Å². The molecule has 8 heteroatoms. The minimum Gasteiger partial charge on any atom is -0.286 e. The van der Waals surface area contributed by atoms with Gasteiger partial charge in [-0.3, -0.25) is 9.71 Å². The standard InChI is InChI=1S/C14H20ClN5S.C6H5F/c1-10-9-20(14(16-2)18-21-19(3)4)17-13(10)11-5-7-12(15)8-6-11;7-6-4-2-1-3-5-6/h5-8,10H,9H2,1-4H3,(H,16,18);1-5H. The Kier molecular flexibility index (Phi) is 8.76. The molecule has 28 heavy (non-hydrogen) atoms. The Hall–Kier alpha value is -2.09. The molecule has 1 N–H and O–H groups in total. The molecule has 0 spiro atoms. The summed E-state index contributed by atoms with van der Waals surface area (Å²) in [7, 11) is 5.71. The quantitative estimate of drug-likeness (QED) is 0.449. The average Bonchev–Trinajstić information content (AvgIpc) is 3.05. The Morgan fingerprint density at radius 3 is 2.36 bits per heavy atom. The molecule has 1 heterocycles. The first-order valence-corrected chi connectivity index (χ1v) is 9.95. The van der Waals surface area contributed by atoms with Crippen LogP contribution in [0.4, 0.5) is 4.39 Å². The van der Waals surface area contributed by atoms with Crippen molar-refractivity contribution in [1.29, 1.82) is 0 Å². The van der Waals surface area contributed by atoms with E-state index in [0.29, 0.717) is 5.92 Å². The normalized spacial score (nSPS) is 16.5. The maximum absolute atomic E-state index is 11.9. The van der Waals surface area contributed by atoms with Gasteiger partial charge in [0.15, 0.2) is 0 Å². The Bertz CT molecular complexity index is 796. The smallest absolute Gasteiger partial charge is 0.225 e. The number of rotatable bonds is 3.